The van der Waals surface area contributed by atoms with Gasteiger partial charge in [0.25, 0.3) is 0 Å². The van der Waals surface area contributed by atoms with E-state index >= 15 is 0 Å². The molecule has 0 aliphatic carbocycles. The topological polar surface area (TPSA) is 90.9 Å². The van der Waals surface area contributed by atoms with Gasteiger partial charge in [-0.15, -0.1) is 0 Å². The van der Waals surface area contributed by atoms with Crippen molar-refractivity contribution in [1.82, 2.24) is 14.3 Å². The van der Waals surface area contributed by atoms with Crippen LogP contribution >= 0.6 is 0 Å². The molecule has 0 spiro atoms. The maximum absolute atomic E-state index is 13.1. The molecule has 1 unspecified atom stereocenters. The fourth-order valence-corrected chi connectivity index (χ4v) is 4.66. The van der Waals surface area contributed by atoms with Crippen molar-refractivity contribution in [3.8, 4) is 17.4 Å². The Morgan fingerprint density at radius 1 is 1.19 bits per heavy atom. The molecule has 0 amide bonds. The highest BCUT2D eigenvalue weighted by molar-refractivity contribution is 7.89. The van der Waals surface area contributed by atoms with Gasteiger partial charge in [-0.2, -0.15) is 9.29 Å². The second-order valence-corrected chi connectivity index (χ2v) is 8.11. The first-order chi connectivity index (χ1) is 12.9. The van der Waals surface area contributed by atoms with E-state index in [4.69, 9.17) is 14.2 Å². The first-order valence-electron chi connectivity index (χ1n) is 8.62. The van der Waals surface area contributed by atoms with Crippen LogP contribution in [0.1, 0.15) is 18.7 Å². The van der Waals surface area contributed by atoms with E-state index < -0.39 is 10.0 Å². The molecule has 3 rings (SSSR count). The highest BCUT2D eigenvalue weighted by Crippen LogP contribution is 2.32. The summed E-state index contributed by atoms with van der Waals surface area (Å²) in [5, 5.41) is 0. The van der Waals surface area contributed by atoms with E-state index in [0.717, 1.165) is 6.42 Å². The highest BCUT2D eigenvalue weighted by atomic mass is 32.2. The average Bonchev–Trinajstić information content (AvgIpc) is 2.67. The molecule has 27 heavy (non-hydrogen) atoms. The number of nitrogens with zero attached hydrogens (tertiary/aromatic N) is 3. The number of aromatic nitrogens is 2. The van der Waals surface area contributed by atoms with Crippen LogP contribution in [0.3, 0.4) is 0 Å². The molecule has 2 heterocycles. The first kappa shape index (κ1) is 19.4. The third-order valence-electron chi connectivity index (χ3n) is 4.37. The van der Waals surface area contributed by atoms with Gasteiger partial charge in [0.2, 0.25) is 15.9 Å². The van der Waals surface area contributed by atoms with Gasteiger partial charge in [-0.25, -0.2) is 13.4 Å². The molecule has 0 N–H and O–H groups in total. The summed E-state index contributed by atoms with van der Waals surface area (Å²) in [6.07, 6.45) is 2.81. The Balaban J connectivity index is 1.80. The Morgan fingerprint density at radius 3 is 2.70 bits per heavy atom. The molecule has 1 aliphatic heterocycles. The minimum Gasteiger partial charge on any atom is -0.497 e. The van der Waals surface area contributed by atoms with Crippen molar-refractivity contribution >= 4 is 10.0 Å². The minimum atomic E-state index is -3.72. The molecule has 0 saturated carbocycles. The molecular formula is C18H23N3O5S. The summed E-state index contributed by atoms with van der Waals surface area (Å²) in [6, 6.07) is 6.35. The lowest BCUT2D eigenvalue weighted by Gasteiger charge is -2.32. The summed E-state index contributed by atoms with van der Waals surface area (Å²) < 4.78 is 44.0. The number of rotatable bonds is 6. The lowest BCUT2D eigenvalue weighted by atomic mass is 10.1. The zero-order valence-corrected chi connectivity index (χ0v) is 16.4. The van der Waals surface area contributed by atoms with E-state index in [1.54, 1.807) is 31.3 Å². The Hall–Kier alpha value is -2.39. The second-order valence-electron chi connectivity index (χ2n) is 6.20. The zero-order chi connectivity index (χ0) is 19.4. The van der Waals surface area contributed by atoms with Crippen LogP contribution in [0.25, 0.3) is 0 Å². The van der Waals surface area contributed by atoms with Crippen LogP contribution in [-0.2, 0) is 10.0 Å². The summed E-state index contributed by atoms with van der Waals surface area (Å²) in [5.41, 5.74) is 0. The van der Waals surface area contributed by atoms with Gasteiger partial charge in [-0.3, -0.25) is 0 Å². The lowest BCUT2D eigenvalue weighted by molar-refractivity contribution is 0.124. The summed E-state index contributed by atoms with van der Waals surface area (Å²) in [6.45, 7) is 2.46. The summed E-state index contributed by atoms with van der Waals surface area (Å²) >= 11 is 0. The van der Waals surface area contributed by atoms with Gasteiger partial charge in [0, 0.05) is 24.9 Å². The predicted molar refractivity (Wildman–Crippen MR) is 98.7 cm³/mol. The molecule has 1 saturated heterocycles. The highest BCUT2D eigenvalue weighted by Gasteiger charge is 2.33. The van der Waals surface area contributed by atoms with Crippen LogP contribution in [0, 0.1) is 6.92 Å². The number of hydrogen-bond donors (Lipinski definition) is 0. The Morgan fingerprint density at radius 2 is 2.00 bits per heavy atom. The molecule has 0 bridgehead atoms. The van der Waals surface area contributed by atoms with E-state index in [0.29, 0.717) is 30.4 Å². The number of benzene rings is 1. The SMILES string of the molecule is COc1ccc(S(=O)(=O)N2CCCC(Oc3ccnc(C)n3)C2)c(OC)c1. The molecule has 1 aliphatic rings. The number of methoxy groups -OCH3 is 2. The first-order valence-corrected chi connectivity index (χ1v) is 10.1. The van der Waals surface area contributed by atoms with Gasteiger partial charge in [0.05, 0.1) is 20.8 Å². The van der Waals surface area contributed by atoms with Gasteiger partial charge < -0.3 is 14.2 Å². The van der Waals surface area contributed by atoms with E-state index in [9.17, 15) is 8.42 Å². The van der Waals surface area contributed by atoms with Gasteiger partial charge in [0.15, 0.2) is 0 Å². The average molecular weight is 393 g/mol. The monoisotopic (exact) mass is 393 g/mol. The standard InChI is InChI=1S/C18H23N3O5S/c1-13-19-9-8-18(20-13)26-15-5-4-10-21(12-15)27(22,23)17-7-6-14(24-2)11-16(17)25-3/h6-9,11,15H,4-5,10,12H2,1-3H3. The Bertz CT molecular complexity index is 904. The molecule has 146 valence electrons. The molecule has 0 radical (unpaired) electrons. The Labute approximate surface area is 159 Å². The number of aryl methyl sites for hydroxylation is 1. The number of ether oxygens (including phenoxy) is 3. The number of piperidine rings is 1. The van der Waals surface area contributed by atoms with Gasteiger partial charge in [-0.05, 0) is 31.9 Å². The minimum absolute atomic E-state index is 0.115. The summed E-state index contributed by atoms with van der Waals surface area (Å²) in [4.78, 5) is 8.38. The van der Waals surface area contributed by atoms with Crippen LogP contribution in [0.2, 0.25) is 0 Å². The van der Waals surface area contributed by atoms with Crippen molar-refractivity contribution in [2.45, 2.75) is 30.8 Å². The van der Waals surface area contributed by atoms with Gasteiger partial charge in [-0.1, -0.05) is 0 Å². The van der Waals surface area contributed by atoms with Crippen molar-refractivity contribution in [2.24, 2.45) is 0 Å². The summed E-state index contributed by atoms with van der Waals surface area (Å²) in [7, 11) is -0.767. The second kappa shape index (κ2) is 8.10. The normalized spacial score (nSPS) is 18.1. The van der Waals surface area contributed by atoms with Crippen LogP contribution in [-0.4, -0.2) is 56.1 Å². The molecular weight excluding hydrogens is 370 g/mol. The van der Waals surface area contributed by atoms with E-state index in [2.05, 4.69) is 9.97 Å². The molecule has 1 fully saturated rings. The van der Waals surface area contributed by atoms with Crippen molar-refractivity contribution < 1.29 is 22.6 Å². The van der Waals surface area contributed by atoms with E-state index in [1.807, 2.05) is 0 Å². The molecule has 1 aromatic heterocycles. The van der Waals surface area contributed by atoms with Crippen LogP contribution in [0.15, 0.2) is 35.4 Å². The summed E-state index contributed by atoms with van der Waals surface area (Å²) in [5.74, 6) is 1.85. The quantitative estimate of drug-likeness (QED) is 0.742. The fraction of sp³-hybridized carbons (Fsp3) is 0.444. The zero-order valence-electron chi connectivity index (χ0n) is 15.6. The lowest BCUT2D eigenvalue weighted by Crippen LogP contribution is -2.44. The van der Waals surface area contributed by atoms with Crippen LogP contribution in [0.4, 0.5) is 0 Å². The third kappa shape index (κ3) is 4.30. The maximum Gasteiger partial charge on any atom is 0.246 e. The van der Waals surface area contributed by atoms with Gasteiger partial charge in [0.1, 0.15) is 28.3 Å². The maximum atomic E-state index is 13.1. The van der Waals surface area contributed by atoms with Crippen molar-refractivity contribution in [1.29, 1.82) is 0 Å². The van der Waals surface area contributed by atoms with Crippen LogP contribution < -0.4 is 14.2 Å². The molecule has 8 nitrogen and oxygen atoms in total. The van der Waals surface area contributed by atoms with Crippen molar-refractivity contribution in [2.75, 3.05) is 27.3 Å². The van der Waals surface area contributed by atoms with Crippen molar-refractivity contribution in [3.63, 3.8) is 0 Å². The largest absolute Gasteiger partial charge is 0.497 e. The predicted octanol–water partition coefficient (Wildman–Crippen LogP) is 2.03. The van der Waals surface area contributed by atoms with Gasteiger partial charge >= 0.3 is 0 Å². The third-order valence-corrected chi connectivity index (χ3v) is 6.27. The molecule has 2 aromatic rings. The molecule has 1 aromatic carbocycles. The molecule has 9 heteroatoms. The van der Waals surface area contributed by atoms with Crippen LogP contribution in [0.5, 0.6) is 17.4 Å². The van der Waals surface area contributed by atoms with E-state index in [-0.39, 0.29) is 23.3 Å². The fourth-order valence-electron chi connectivity index (χ4n) is 3.02. The Kier molecular flexibility index (Phi) is 5.81. The van der Waals surface area contributed by atoms with Crippen molar-refractivity contribution in [3.05, 3.63) is 36.3 Å². The smallest absolute Gasteiger partial charge is 0.246 e. The number of sulfonamides is 1. The van der Waals surface area contributed by atoms with E-state index in [1.165, 1.54) is 24.6 Å². The number of hydrogen-bond acceptors (Lipinski definition) is 7. The molecule has 1 atom stereocenters.